The summed E-state index contributed by atoms with van der Waals surface area (Å²) in [7, 11) is -2.43. The third-order valence-corrected chi connectivity index (χ3v) is 8.34. The van der Waals surface area contributed by atoms with E-state index in [0.717, 1.165) is 18.2 Å². The van der Waals surface area contributed by atoms with Crippen LogP contribution >= 0.6 is 0 Å². The van der Waals surface area contributed by atoms with Gasteiger partial charge >= 0.3 is 5.97 Å². The van der Waals surface area contributed by atoms with Gasteiger partial charge in [-0.1, -0.05) is 24.3 Å². The maximum Gasteiger partial charge on any atom is 0.324 e. The number of ether oxygens (including phenoxy) is 1. The Morgan fingerprint density at radius 1 is 1.16 bits per heavy atom. The van der Waals surface area contributed by atoms with E-state index in [2.05, 4.69) is 16.2 Å². The average Bonchev–Trinajstić information content (AvgIpc) is 3.27. The standard InChI is InChI=1S/C21H24N4O5S/c1-30-21(27)20-14-10-13(8-9-15(14)23-24-20)22-18(26)11-25-16-6-2-4-12-5-3-7-17(19(12)16)31(25,28)29/h2-7,13-15,20,23-24H,8-11H2,1H3,(H,22,26). The van der Waals surface area contributed by atoms with Gasteiger partial charge in [-0.15, -0.1) is 0 Å². The van der Waals surface area contributed by atoms with Crippen LogP contribution in [0.2, 0.25) is 0 Å². The van der Waals surface area contributed by atoms with Gasteiger partial charge in [-0.25, -0.2) is 13.8 Å². The number of hydrogen-bond acceptors (Lipinski definition) is 7. The third kappa shape index (κ3) is 3.26. The van der Waals surface area contributed by atoms with Crippen molar-refractivity contribution in [1.82, 2.24) is 16.2 Å². The van der Waals surface area contributed by atoms with Crippen LogP contribution in [0.25, 0.3) is 10.8 Å². The molecular formula is C21H24N4O5S. The Kier molecular flexibility index (Phi) is 4.87. The molecule has 2 aliphatic heterocycles. The van der Waals surface area contributed by atoms with Crippen LogP contribution in [0.3, 0.4) is 0 Å². The Hall–Kier alpha value is -2.69. The summed E-state index contributed by atoms with van der Waals surface area (Å²) in [5, 5.41) is 4.46. The number of hydrogen-bond donors (Lipinski definition) is 3. The first-order valence-corrected chi connectivity index (χ1v) is 11.8. The van der Waals surface area contributed by atoms with Crippen molar-refractivity contribution in [1.29, 1.82) is 0 Å². The maximum absolute atomic E-state index is 13.1. The molecule has 164 valence electrons. The summed E-state index contributed by atoms with van der Waals surface area (Å²) in [6.45, 7) is -0.280. The number of fused-ring (bicyclic) bond motifs is 1. The highest BCUT2D eigenvalue weighted by molar-refractivity contribution is 7.93. The number of anilines is 1. The van der Waals surface area contributed by atoms with Crippen LogP contribution in [0.15, 0.2) is 41.3 Å². The summed E-state index contributed by atoms with van der Waals surface area (Å²) >= 11 is 0. The van der Waals surface area contributed by atoms with Gasteiger partial charge in [0.15, 0.2) is 0 Å². The fourth-order valence-electron chi connectivity index (χ4n) is 5.08. The summed E-state index contributed by atoms with van der Waals surface area (Å²) < 4.78 is 32.2. The average molecular weight is 445 g/mol. The molecule has 2 fully saturated rings. The van der Waals surface area contributed by atoms with Crippen LogP contribution in [-0.2, 0) is 24.3 Å². The summed E-state index contributed by atoms with van der Waals surface area (Å²) in [4.78, 5) is 25.1. The lowest BCUT2D eigenvalue weighted by Crippen LogP contribution is -2.48. The predicted molar refractivity (Wildman–Crippen MR) is 114 cm³/mol. The number of hydrazine groups is 1. The van der Waals surface area contributed by atoms with Gasteiger partial charge in [-0.2, -0.15) is 0 Å². The van der Waals surface area contributed by atoms with Crippen molar-refractivity contribution in [2.24, 2.45) is 5.92 Å². The lowest BCUT2D eigenvalue weighted by atomic mass is 9.79. The molecule has 10 heteroatoms. The van der Waals surface area contributed by atoms with Gasteiger partial charge in [0, 0.05) is 23.4 Å². The minimum absolute atomic E-state index is 0.0000206. The van der Waals surface area contributed by atoms with E-state index in [-0.39, 0.29) is 41.3 Å². The zero-order valence-corrected chi connectivity index (χ0v) is 17.8. The molecule has 31 heavy (non-hydrogen) atoms. The van der Waals surface area contributed by atoms with Crippen molar-refractivity contribution in [3.63, 3.8) is 0 Å². The number of sulfonamides is 1. The molecular weight excluding hydrogens is 420 g/mol. The van der Waals surface area contributed by atoms with E-state index in [1.54, 1.807) is 24.3 Å². The Morgan fingerprint density at radius 3 is 2.71 bits per heavy atom. The summed E-state index contributed by atoms with van der Waals surface area (Å²) in [6.07, 6.45) is 2.15. The quantitative estimate of drug-likeness (QED) is 0.593. The van der Waals surface area contributed by atoms with Gasteiger partial charge in [0.05, 0.1) is 17.7 Å². The topological polar surface area (TPSA) is 117 Å². The Morgan fingerprint density at radius 2 is 1.94 bits per heavy atom. The number of rotatable bonds is 4. The number of esters is 1. The fraction of sp³-hybridized carbons (Fsp3) is 0.429. The second-order valence-electron chi connectivity index (χ2n) is 8.28. The largest absolute Gasteiger partial charge is 0.468 e. The molecule has 0 aromatic heterocycles. The van der Waals surface area contributed by atoms with Gasteiger partial charge in [-0.3, -0.25) is 19.3 Å². The molecule has 1 saturated heterocycles. The molecule has 5 rings (SSSR count). The number of carbonyl (C=O) groups is 2. The van der Waals surface area contributed by atoms with E-state index in [9.17, 15) is 18.0 Å². The van der Waals surface area contributed by atoms with E-state index in [1.807, 2.05) is 12.1 Å². The molecule has 1 aliphatic carbocycles. The van der Waals surface area contributed by atoms with Crippen LogP contribution in [0.5, 0.6) is 0 Å². The molecule has 3 aliphatic rings. The van der Waals surface area contributed by atoms with Crippen molar-refractivity contribution in [3.8, 4) is 0 Å². The molecule has 2 heterocycles. The monoisotopic (exact) mass is 444 g/mol. The second-order valence-corrected chi connectivity index (χ2v) is 10.1. The van der Waals surface area contributed by atoms with E-state index in [4.69, 9.17) is 4.74 Å². The highest BCUT2D eigenvalue weighted by Gasteiger charge is 2.45. The fourth-order valence-corrected chi connectivity index (χ4v) is 6.75. The molecule has 0 radical (unpaired) electrons. The van der Waals surface area contributed by atoms with E-state index in [0.29, 0.717) is 17.5 Å². The minimum atomic E-state index is -3.78. The van der Waals surface area contributed by atoms with Crippen molar-refractivity contribution in [2.75, 3.05) is 18.0 Å². The molecule has 4 atom stereocenters. The number of nitrogens with one attached hydrogen (secondary N) is 3. The normalized spacial score (nSPS) is 28.4. The van der Waals surface area contributed by atoms with Gasteiger partial charge in [0.25, 0.3) is 10.0 Å². The van der Waals surface area contributed by atoms with E-state index in [1.165, 1.54) is 11.4 Å². The first-order valence-electron chi connectivity index (χ1n) is 10.3. The van der Waals surface area contributed by atoms with E-state index >= 15 is 0 Å². The summed E-state index contributed by atoms with van der Waals surface area (Å²) in [5.74, 6) is -0.689. The number of benzene rings is 2. The smallest absolute Gasteiger partial charge is 0.324 e. The SMILES string of the molecule is COC(=O)C1NNC2CCC(NC(=O)CN3c4cccc5cccc(c45)S3(=O)=O)CC21. The van der Waals surface area contributed by atoms with Crippen LogP contribution in [0.1, 0.15) is 19.3 Å². The van der Waals surface area contributed by atoms with E-state index < -0.39 is 16.1 Å². The van der Waals surface area contributed by atoms with Gasteiger partial charge < -0.3 is 10.1 Å². The maximum atomic E-state index is 13.1. The van der Waals surface area contributed by atoms with Crippen molar-refractivity contribution in [3.05, 3.63) is 36.4 Å². The summed E-state index contributed by atoms with van der Waals surface area (Å²) in [6, 6.07) is 10.1. The van der Waals surface area contributed by atoms with Crippen LogP contribution in [0.4, 0.5) is 5.69 Å². The molecule has 3 N–H and O–H groups in total. The molecule has 2 aromatic carbocycles. The van der Waals surface area contributed by atoms with Crippen LogP contribution < -0.4 is 20.5 Å². The Bertz CT molecular complexity index is 1160. The highest BCUT2D eigenvalue weighted by atomic mass is 32.2. The Labute approximate surface area is 180 Å². The molecule has 1 saturated carbocycles. The molecule has 0 bridgehead atoms. The number of methoxy groups -OCH3 is 1. The predicted octanol–water partition coefficient (Wildman–Crippen LogP) is 0.651. The molecule has 2 aromatic rings. The first kappa shape index (κ1) is 20.2. The second kappa shape index (κ2) is 7.47. The Balaban J connectivity index is 1.31. The zero-order chi connectivity index (χ0) is 21.8. The van der Waals surface area contributed by atoms with Crippen LogP contribution in [0, 0.1) is 5.92 Å². The third-order valence-electron chi connectivity index (χ3n) is 6.54. The van der Waals surface area contributed by atoms with Gasteiger partial charge in [-0.05, 0) is 36.8 Å². The summed E-state index contributed by atoms with van der Waals surface area (Å²) in [5.41, 5.74) is 6.66. The lowest BCUT2D eigenvalue weighted by Gasteiger charge is -2.33. The zero-order valence-electron chi connectivity index (χ0n) is 17.0. The number of amides is 1. The molecule has 4 unspecified atom stereocenters. The van der Waals surface area contributed by atoms with Crippen LogP contribution in [-0.4, -0.2) is 52.1 Å². The van der Waals surface area contributed by atoms with Crippen molar-refractivity contribution >= 4 is 38.4 Å². The molecule has 0 spiro atoms. The lowest BCUT2D eigenvalue weighted by molar-refractivity contribution is -0.144. The van der Waals surface area contributed by atoms with Crippen molar-refractivity contribution < 1.29 is 22.7 Å². The van der Waals surface area contributed by atoms with Crippen molar-refractivity contribution in [2.45, 2.75) is 42.3 Å². The first-order chi connectivity index (χ1) is 14.9. The number of nitrogens with zero attached hydrogens (tertiary/aromatic N) is 1. The molecule has 9 nitrogen and oxygen atoms in total. The van der Waals surface area contributed by atoms with Gasteiger partial charge in [0.2, 0.25) is 5.91 Å². The van der Waals surface area contributed by atoms with Gasteiger partial charge in [0.1, 0.15) is 12.6 Å². The minimum Gasteiger partial charge on any atom is -0.468 e. The highest BCUT2D eigenvalue weighted by Crippen LogP contribution is 2.41. The molecule has 1 amide bonds. The number of carbonyl (C=O) groups excluding carboxylic acids is 2.